The summed E-state index contributed by atoms with van der Waals surface area (Å²) in [6.45, 7) is 4.75. The second-order valence-corrected chi connectivity index (χ2v) is 10.9. The van der Waals surface area contributed by atoms with Crippen LogP contribution in [0.5, 0.6) is 0 Å². The summed E-state index contributed by atoms with van der Waals surface area (Å²) in [5.41, 5.74) is 4.55. The Bertz CT molecular complexity index is 1470. The van der Waals surface area contributed by atoms with E-state index in [1.807, 2.05) is 92.7 Å². The maximum absolute atomic E-state index is 13.6. The number of nitrogens with one attached hydrogen (secondary N) is 2. The predicted molar refractivity (Wildman–Crippen MR) is 158 cm³/mol. The van der Waals surface area contributed by atoms with Crippen LogP contribution >= 0.6 is 11.8 Å². The molecule has 9 heteroatoms. The van der Waals surface area contributed by atoms with Crippen LogP contribution in [0.4, 0.5) is 5.69 Å². The molecule has 0 spiro atoms. The number of aliphatic imine (C=N–C) groups is 2. The molecule has 2 aliphatic heterocycles. The average molecular weight is 554 g/mol. The molecule has 2 N–H and O–H groups in total. The number of carbonyl (C=O) groups is 3. The Kier molecular flexibility index (Phi) is 8.40. The minimum absolute atomic E-state index is 0.0694. The fraction of sp³-hybridized carbons (Fsp3) is 0.258. The van der Waals surface area contributed by atoms with Gasteiger partial charge in [-0.15, -0.1) is 0 Å². The molecule has 0 saturated carbocycles. The third-order valence-electron chi connectivity index (χ3n) is 6.76. The Morgan fingerprint density at radius 2 is 1.60 bits per heavy atom. The van der Waals surface area contributed by atoms with E-state index in [1.165, 1.54) is 16.7 Å². The van der Waals surface area contributed by atoms with Crippen LogP contribution in [0.15, 0.2) is 88.8 Å². The summed E-state index contributed by atoms with van der Waals surface area (Å²) in [7, 11) is 0. The molecular formula is C31H31N5O3S. The van der Waals surface area contributed by atoms with Crippen LogP contribution in [-0.2, 0) is 27.5 Å². The highest BCUT2D eigenvalue weighted by Gasteiger charge is 2.43. The van der Waals surface area contributed by atoms with Gasteiger partial charge in [-0.25, -0.2) is 9.89 Å². The number of carbonyl (C=O) groups excluding carboxylic acids is 3. The fourth-order valence-electron chi connectivity index (χ4n) is 4.52. The number of fused-ring (bicyclic) bond motifs is 3. The standard InChI is InChI=1S/C31H31N5O3S/c1-3-26(29(38)33-19-22-15-13-20(2)14-16-22)40-31-35-24-12-8-7-11-23(24)28-34-25(30(39)36(28)31)17-27(37)32-18-21-9-5-4-6-10-21/h4-16,25-26H,3,17-19H2,1-2H3,(H,32,37)(H,33,38)/t25-,26+/m1/s1. The monoisotopic (exact) mass is 553 g/mol. The molecule has 0 saturated heterocycles. The van der Waals surface area contributed by atoms with Crippen molar-refractivity contribution in [2.45, 2.75) is 51.1 Å². The van der Waals surface area contributed by atoms with Crippen molar-refractivity contribution in [2.24, 2.45) is 9.98 Å². The second-order valence-electron chi connectivity index (χ2n) is 9.74. The van der Waals surface area contributed by atoms with Crippen molar-refractivity contribution < 1.29 is 14.4 Å². The van der Waals surface area contributed by atoms with Crippen molar-refractivity contribution in [3.8, 4) is 0 Å². The molecule has 3 aromatic carbocycles. The van der Waals surface area contributed by atoms with Crippen LogP contribution in [0.1, 0.15) is 42.0 Å². The summed E-state index contributed by atoms with van der Waals surface area (Å²) < 4.78 is 0. The Hall–Kier alpha value is -4.24. The lowest BCUT2D eigenvalue weighted by Gasteiger charge is -2.27. The van der Waals surface area contributed by atoms with Gasteiger partial charge in [-0.05, 0) is 36.6 Å². The van der Waals surface area contributed by atoms with Gasteiger partial charge in [0.15, 0.2) is 5.17 Å². The average Bonchev–Trinajstić information content (AvgIpc) is 3.30. The highest BCUT2D eigenvalue weighted by molar-refractivity contribution is 8.15. The van der Waals surface area contributed by atoms with Crippen molar-refractivity contribution in [3.05, 3.63) is 101 Å². The second kappa shape index (κ2) is 12.3. The lowest BCUT2D eigenvalue weighted by molar-refractivity contribution is -0.128. The summed E-state index contributed by atoms with van der Waals surface area (Å²) in [5, 5.41) is 5.82. The predicted octanol–water partition coefficient (Wildman–Crippen LogP) is 4.49. The minimum atomic E-state index is -0.863. The van der Waals surface area contributed by atoms with Gasteiger partial charge in [0.25, 0.3) is 5.91 Å². The van der Waals surface area contributed by atoms with Crippen LogP contribution in [0, 0.1) is 6.92 Å². The molecule has 5 rings (SSSR count). The first-order valence-electron chi connectivity index (χ1n) is 13.3. The van der Waals surface area contributed by atoms with Crippen LogP contribution in [0.25, 0.3) is 0 Å². The zero-order valence-electron chi connectivity index (χ0n) is 22.5. The molecule has 0 fully saturated rings. The van der Waals surface area contributed by atoms with Gasteiger partial charge in [-0.3, -0.25) is 19.4 Å². The van der Waals surface area contributed by atoms with E-state index in [0.717, 1.165) is 22.3 Å². The van der Waals surface area contributed by atoms with E-state index in [4.69, 9.17) is 4.99 Å². The molecule has 0 aliphatic carbocycles. The lowest BCUT2D eigenvalue weighted by Crippen LogP contribution is -2.43. The quantitative estimate of drug-likeness (QED) is 0.408. The van der Waals surface area contributed by atoms with E-state index in [-0.39, 0.29) is 24.1 Å². The first kappa shape index (κ1) is 27.3. The number of thioether (sulfide) groups is 1. The van der Waals surface area contributed by atoms with Crippen molar-refractivity contribution in [3.63, 3.8) is 0 Å². The van der Waals surface area contributed by atoms with E-state index in [9.17, 15) is 14.4 Å². The largest absolute Gasteiger partial charge is 0.352 e. The number of amidine groups is 2. The van der Waals surface area contributed by atoms with Gasteiger partial charge < -0.3 is 10.6 Å². The maximum Gasteiger partial charge on any atom is 0.259 e. The first-order chi connectivity index (χ1) is 19.4. The first-order valence-corrected chi connectivity index (χ1v) is 14.2. The van der Waals surface area contributed by atoms with Crippen molar-refractivity contribution in [1.82, 2.24) is 15.5 Å². The third-order valence-corrected chi connectivity index (χ3v) is 8.07. The van der Waals surface area contributed by atoms with E-state index < -0.39 is 11.3 Å². The van der Waals surface area contributed by atoms with Gasteiger partial charge in [0, 0.05) is 18.7 Å². The summed E-state index contributed by atoms with van der Waals surface area (Å²) in [6.07, 6.45) is 0.477. The highest BCUT2D eigenvalue weighted by atomic mass is 32.2. The van der Waals surface area contributed by atoms with Crippen LogP contribution in [0.3, 0.4) is 0 Å². The number of nitrogens with zero attached hydrogens (tertiary/aromatic N) is 3. The van der Waals surface area contributed by atoms with E-state index >= 15 is 0 Å². The summed E-state index contributed by atoms with van der Waals surface area (Å²) in [4.78, 5) is 50.3. The van der Waals surface area contributed by atoms with E-state index in [1.54, 1.807) is 0 Å². The van der Waals surface area contributed by atoms with Gasteiger partial charge in [-0.2, -0.15) is 0 Å². The molecule has 2 atom stereocenters. The summed E-state index contributed by atoms with van der Waals surface area (Å²) in [5.74, 6) is -0.237. The lowest BCUT2D eigenvalue weighted by atomic mass is 10.1. The van der Waals surface area contributed by atoms with Gasteiger partial charge in [-0.1, -0.05) is 91.0 Å². The number of amides is 3. The number of benzene rings is 3. The molecule has 2 heterocycles. The number of para-hydroxylation sites is 1. The highest BCUT2D eigenvalue weighted by Crippen LogP contribution is 2.35. The zero-order valence-corrected chi connectivity index (χ0v) is 23.3. The smallest absolute Gasteiger partial charge is 0.259 e. The van der Waals surface area contributed by atoms with Crippen LogP contribution in [0.2, 0.25) is 0 Å². The van der Waals surface area contributed by atoms with Crippen molar-refractivity contribution in [2.75, 3.05) is 0 Å². The molecule has 0 bridgehead atoms. The van der Waals surface area contributed by atoms with E-state index in [2.05, 4.69) is 15.6 Å². The summed E-state index contributed by atoms with van der Waals surface area (Å²) in [6, 6.07) is 24.2. The molecular weight excluding hydrogens is 522 g/mol. The maximum atomic E-state index is 13.6. The fourth-order valence-corrected chi connectivity index (χ4v) is 5.56. The summed E-state index contributed by atoms with van der Waals surface area (Å²) >= 11 is 1.25. The Morgan fingerprint density at radius 3 is 2.35 bits per heavy atom. The Labute approximate surface area is 238 Å². The van der Waals surface area contributed by atoms with Crippen molar-refractivity contribution in [1.29, 1.82) is 0 Å². The number of hydrogen-bond donors (Lipinski definition) is 2. The SMILES string of the molecule is CC[C@H](SC1=Nc2ccccc2C2=N[C@H](CC(=O)NCc3ccccc3)C(=O)N12)C(=O)NCc1ccc(C)cc1. The number of rotatable bonds is 9. The van der Waals surface area contributed by atoms with Crippen molar-refractivity contribution >= 4 is 46.2 Å². The van der Waals surface area contributed by atoms with Crippen LogP contribution in [-0.4, -0.2) is 44.9 Å². The number of hydrogen-bond acceptors (Lipinski definition) is 6. The molecule has 3 amide bonds. The van der Waals surface area contributed by atoms with Gasteiger partial charge >= 0.3 is 0 Å². The molecule has 0 aromatic heterocycles. The molecule has 0 radical (unpaired) electrons. The van der Waals surface area contributed by atoms with Gasteiger partial charge in [0.05, 0.1) is 17.4 Å². The molecule has 204 valence electrons. The minimum Gasteiger partial charge on any atom is -0.352 e. The number of aryl methyl sites for hydroxylation is 1. The molecule has 0 unspecified atom stereocenters. The third kappa shape index (κ3) is 6.15. The van der Waals surface area contributed by atoms with E-state index in [0.29, 0.717) is 36.2 Å². The molecule has 3 aromatic rings. The Balaban J connectivity index is 1.30. The van der Waals surface area contributed by atoms with Gasteiger partial charge in [0.2, 0.25) is 11.8 Å². The molecule has 2 aliphatic rings. The van der Waals surface area contributed by atoms with Gasteiger partial charge in [0.1, 0.15) is 11.9 Å². The molecule has 40 heavy (non-hydrogen) atoms. The normalized spacial score (nSPS) is 16.4. The zero-order chi connectivity index (χ0) is 28.1. The van der Waals surface area contributed by atoms with Crippen LogP contribution < -0.4 is 10.6 Å². The molecule has 8 nitrogen and oxygen atoms in total. The topological polar surface area (TPSA) is 103 Å². The Morgan fingerprint density at radius 1 is 0.925 bits per heavy atom.